The van der Waals surface area contributed by atoms with Gasteiger partial charge in [-0.25, -0.2) is 18.4 Å². The molecule has 0 spiro atoms. The van der Waals surface area contributed by atoms with E-state index in [0.29, 0.717) is 12.4 Å². The molecule has 0 aromatic carbocycles. The first-order valence-electron chi connectivity index (χ1n) is 8.63. The molecule has 0 bridgehead atoms. The van der Waals surface area contributed by atoms with E-state index in [-0.39, 0.29) is 4.90 Å². The smallest absolute Gasteiger partial charge is 0.179 e. The molecule has 0 atom stereocenters. The van der Waals surface area contributed by atoms with Crippen LogP contribution >= 0.6 is 0 Å². The van der Waals surface area contributed by atoms with Crippen LogP contribution in [-0.4, -0.2) is 37.7 Å². The first-order valence-corrected chi connectivity index (χ1v) is 10.5. The number of hydrogen-bond acceptors (Lipinski definition) is 6. The molecule has 1 N–H and O–H groups in total. The van der Waals surface area contributed by atoms with Crippen molar-refractivity contribution in [3.63, 3.8) is 0 Å². The van der Waals surface area contributed by atoms with Gasteiger partial charge in [-0.3, -0.25) is 0 Å². The van der Waals surface area contributed by atoms with Crippen LogP contribution < -0.4 is 10.2 Å². The largest absolute Gasteiger partial charge is 0.365 e. The number of nitrogens with one attached hydrogen (secondary N) is 1. The number of rotatable bonds is 5. The Bertz CT molecular complexity index is 798. The highest BCUT2D eigenvalue weighted by Gasteiger charge is 2.14. The van der Waals surface area contributed by atoms with Crippen LogP contribution in [0.15, 0.2) is 41.6 Å². The second kappa shape index (κ2) is 7.82. The van der Waals surface area contributed by atoms with Crippen molar-refractivity contribution in [2.45, 2.75) is 37.1 Å². The fourth-order valence-electron chi connectivity index (χ4n) is 3.02. The van der Waals surface area contributed by atoms with Crippen molar-refractivity contribution in [3.05, 3.63) is 42.2 Å². The molecule has 7 heteroatoms. The van der Waals surface area contributed by atoms with Crippen LogP contribution in [0.2, 0.25) is 0 Å². The zero-order chi connectivity index (χ0) is 17.7. The van der Waals surface area contributed by atoms with Gasteiger partial charge in [0, 0.05) is 38.3 Å². The summed E-state index contributed by atoms with van der Waals surface area (Å²) in [5.41, 5.74) is 0.990. The number of aromatic nitrogens is 2. The van der Waals surface area contributed by atoms with E-state index < -0.39 is 9.84 Å². The van der Waals surface area contributed by atoms with Gasteiger partial charge in [-0.1, -0.05) is 18.9 Å². The van der Waals surface area contributed by atoms with Gasteiger partial charge >= 0.3 is 0 Å². The van der Waals surface area contributed by atoms with Crippen LogP contribution in [0.5, 0.6) is 0 Å². The summed E-state index contributed by atoms with van der Waals surface area (Å²) >= 11 is 0. The highest BCUT2D eigenvalue weighted by Crippen LogP contribution is 2.20. The molecule has 0 saturated carbocycles. The molecule has 0 aliphatic carbocycles. The Hall–Kier alpha value is -2.15. The molecular formula is C18H24N4O2S. The molecule has 1 aliphatic heterocycles. The normalized spacial score (nSPS) is 15.6. The molecule has 6 nitrogen and oxygen atoms in total. The van der Waals surface area contributed by atoms with Gasteiger partial charge < -0.3 is 10.2 Å². The van der Waals surface area contributed by atoms with Crippen molar-refractivity contribution < 1.29 is 8.42 Å². The van der Waals surface area contributed by atoms with E-state index in [0.717, 1.165) is 24.5 Å². The average Bonchev–Trinajstić information content (AvgIpc) is 2.89. The Kier molecular flexibility index (Phi) is 5.53. The van der Waals surface area contributed by atoms with Gasteiger partial charge in [0.1, 0.15) is 16.5 Å². The van der Waals surface area contributed by atoms with Crippen molar-refractivity contribution in [1.82, 2.24) is 9.97 Å². The van der Waals surface area contributed by atoms with E-state index in [4.69, 9.17) is 0 Å². The first-order chi connectivity index (χ1) is 12.0. The van der Waals surface area contributed by atoms with Gasteiger partial charge in [-0.2, -0.15) is 0 Å². The number of sulfone groups is 1. The topological polar surface area (TPSA) is 75.2 Å². The molecule has 0 amide bonds. The van der Waals surface area contributed by atoms with Crippen LogP contribution in [0.1, 0.15) is 31.2 Å². The summed E-state index contributed by atoms with van der Waals surface area (Å²) in [6.45, 7) is 2.61. The van der Waals surface area contributed by atoms with E-state index in [9.17, 15) is 8.42 Å². The summed E-state index contributed by atoms with van der Waals surface area (Å²) in [6, 6.07) is 7.26. The van der Waals surface area contributed by atoms with E-state index >= 15 is 0 Å². The molecule has 2 aromatic rings. The average molecular weight is 360 g/mol. The van der Waals surface area contributed by atoms with Crippen molar-refractivity contribution in [3.8, 4) is 0 Å². The minimum absolute atomic E-state index is 0.212. The Labute approximate surface area is 149 Å². The maximum Gasteiger partial charge on any atom is 0.179 e. The van der Waals surface area contributed by atoms with Gasteiger partial charge in [-0.05, 0) is 36.6 Å². The number of pyridine rings is 2. The summed E-state index contributed by atoms with van der Waals surface area (Å²) in [7, 11) is -3.31. The van der Waals surface area contributed by atoms with Gasteiger partial charge in [-0.15, -0.1) is 0 Å². The van der Waals surface area contributed by atoms with Crippen molar-refractivity contribution in [1.29, 1.82) is 0 Å². The first kappa shape index (κ1) is 17.7. The molecule has 0 radical (unpaired) electrons. The van der Waals surface area contributed by atoms with Crippen molar-refractivity contribution in [2.75, 3.05) is 29.6 Å². The monoisotopic (exact) mass is 360 g/mol. The minimum Gasteiger partial charge on any atom is -0.365 e. The lowest BCUT2D eigenvalue weighted by Gasteiger charge is -2.21. The molecule has 1 saturated heterocycles. The molecule has 2 aromatic heterocycles. The third-order valence-corrected chi connectivity index (χ3v) is 5.50. The predicted molar refractivity (Wildman–Crippen MR) is 99.6 cm³/mol. The lowest BCUT2D eigenvalue weighted by atomic mass is 10.2. The SMILES string of the molecule is CS(=O)(=O)c1cccnc1NCc1ccc(N2CCCCCC2)nc1. The van der Waals surface area contributed by atoms with Crippen LogP contribution in [0.4, 0.5) is 11.6 Å². The number of anilines is 2. The summed E-state index contributed by atoms with van der Waals surface area (Å²) in [5.74, 6) is 1.39. The Morgan fingerprint density at radius 1 is 1.08 bits per heavy atom. The van der Waals surface area contributed by atoms with Crippen LogP contribution in [0, 0.1) is 0 Å². The standard InChI is InChI=1S/C18H24N4O2S/c1-25(23,24)16-7-6-10-19-18(16)21-14-15-8-9-17(20-13-15)22-11-4-2-3-5-12-22/h6-10,13H,2-5,11-12,14H2,1H3,(H,19,21). The van der Waals surface area contributed by atoms with Gasteiger partial charge in [0.15, 0.2) is 9.84 Å². The molecule has 0 unspecified atom stereocenters. The Balaban J connectivity index is 1.67. The molecule has 3 heterocycles. The van der Waals surface area contributed by atoms with Crippen molar-refractivity contribution in [2.24, 2.45) is 0 Å². The lowest BCUT2D eigenvalue weighted by molar-refractivity contribution is 0.601. The van der Waals surface area contributed by atoms with E-state index in [1.165, 1.54) is 31.9 Å². The quantitative estimate of drug-likeness (QED) is 0.884. The summed E-state index contributed by atoms with van der Waals surface area (Å²) in [4.78, 5) is 11.3. The van der Waals surface area contributed by atoms with E-state index in [1.807, 2.05) is 18.3 Å². The maximum atomic E-state index is 11.8. The van der Waals surface area contributed by atoms with E-state index in [1.54, 1.807) is 18.3 Å². The highest BCUT2D eigenvalue weighted by atomic mass is 32.2. The maximum absolute atomic E-state index is 11.8. The van der Waals surface area contributed by atoms with Crippen LogP contribution in [0.25, 0.3) is 0 Å². The van der Waals surface area contributed by atoms with E-state index in [2.05, 4.69) is 20.2 Å². The summed E-state index contributed by atoms with van der Waals surface area (Å²) in [6.07, 6.45) is 9.65. The summed E-state index contributed by atoms with van der Waals surface area (Å²) in [5, 5.41) is 3.10. The molecule has 1 fully saturated rings. The molecular weight excluding hydrogens is 336 g/mol. The second-order valence-corrected chi connectivity index (χ2v) is 8.39. The molecule has 25 heavy (non-hydrogen) atoms. The second-order valence-electron chi connectivity index (χ2n) is 6.40. The third-order valence-electron chi connectivity index (χ3n) is 4.37. The van der Waals surface area contributed by atoms with Crippen LogP contribution in [0.3, 0.4) is 0 Å². The zero-order valence-corrected chi connectivity index (χ0v) is 15.3. The fourth-order valence-corrected chi connectivity index (χ4v) is 3.82. The third kappa shape index (κ3) is 4.69. The fraction of sp³-hybridized carbons (Fsp3) is 0.444. The van der Waals surface area contributed by atoms with Crippen molar-refractivity contribution >= 4 is 21.5 Å². The number of nitrogens with zero attached hydrogens (tertiary/aromatic N) is 3. The lowest BCUT2D eigenvalue weighted by Crippen LogP contribution is -2.24. The summed E-state index contributed by atoms with van der Waals surface area (Å²) < 4.78 is 23.6. The zero-order valence-electron chi connectivity index (χ0n) is 14.5. The number of hydrogen-bond donors (Lipinski definition) is 1. The molecule has 134 valence electrons. The highest BCUT2D eigenvalue weighted by molar-refractivity contribution is 7.90. The van der Waals surface area contributed by atoms with Gasteiger partial charge in [0.25, 0.3) is 0 Å². The molecule has 3 rings (SSSR count). The Morgan fingerprint density at radius 2 is 1.84 bits per heavy atom. The Morgan fingerprint density at radius 3 is 2.48 bits per heavy atom. The van der Waals surface area contributed by atoms with Crippen LogP contribution in [-0.2, 0) is 16.4 Å². The minimum atomic E-state index is -3.31. The predicted octanol–water partition coefficient (Wildman–Crippen LogP) is 2.87. The van der Waals surface area contributed by atoms with Gasteiger partial charge in [0.2, 0.25) is 0 Å². The molecule has 1 aliphatic rings. The van der Waals surface area contributed by atoms with Gasteiger partial charge in [0.05, 0.1) is 0 Å².